The maximum atomic E-state index is 12.5. The van der Waals surface area contributed by atoms with Crippen molar-refractivity contribution in [2.75, 3.05) is 0 Å². The van der Waals surface area contributed by atoms with Gasteiger partial charge in [0.25, 0.3) is 11.4 Å². The summed E-state index contributed by atoms with van der Waals surface area (Å²) in [6.45, 7) is 7.95. The van der Waals surface area contributed by atoms with E-state index >= 15 is 0 Å². The first kappa shape index (κ1) is 20.4. The van der Waals surface area contributed by atoms with Crippen molar-refractivity contribution >= 4 is 45.9 Å². The zero-order chi connectivity index (χ0) is 22.0. The summed E-state index contributed by atoms with van der Waals surface area (Å²) in [5, 5.41) is 5.36. The predicted octanol–water partition coefficient (Wildman–Crippen LogP) is 3.65. The topological polar surface area (TPSA) is 103 Å². The van der Waals surface area contributed by atoms with Crippen LogP contribution in [0.25, 0.3) is 33.1 Å². The van der Waals surface area contributed by atoms with Crippen molar-refractivity contribution in [3.63, 3.8) is 0 Å². The summed E-state index contributed by atoms with van der Waals surface area (Å²) in [6.07, 6.45) is 1.64. The van der Waals surface area contributed by atoms with Gasteiger partial charge in [-0.05, 0) is 52.0 Å². The van der Waals surface area contributed by atoms with Gasteiger partial charge in [-0.2, -0.15) is 4.98 Å². The van der Waals surface area contributed by atoms with Crippen molar-refractivity contribution in [1.82, 2.24) is 20.1 Å². The third-order valence-corrected chi connectivity index (χ3v) is 6.91. The first-order chi connectivity index (χ1) is 14.6. The highest BCUT2D eigenvalue weighted by Crippen LogP contribution is 2.37. The van der Waals surface area contributed by atoms with E-state index in [0.717, 1.165) is 5.39 Å². The number of aromatic nitrogens is 4. The van der Waals surface area contributed by atoms with E-state index in [1.54, 1.807) is 30.5 Å². The van der Waals surface area contributed by atoms with E-state index in [1.165, 1.54) is 11.3 Å². The molecule has 1 N–H and O–H groups in total. The van der Waals surface area contributed by atoms with Crippen LogP contribution in [0.4, 0.5) is 0 Å². The summed E-state index contributed by atoms with van der Waals surface area (Å²) in [7, 11) is -0.566. The average molecular weight is 457 g/mol. The van der Waals surface area contributed by atoms with E-state index in [2.05, 4.69) is 20.1 Å². The first-order valence-electron chi connectivity index (χ1n) is 9.61. The Labute approximate surface area is 186 Å². The van der Waals surface area contributed by atoms with Crippen molar-refractivity contribution in [1.29, 1.82) is 0 Å². The minimum Gasteiger partial charge on any atom is -0.398 e. The molecule has 158 valence electrons. The van der Waals surface area contributed by atoms with E-state index in [0.29, 0.717) is 26.1 Å². The van der Waals surface area contributed by atoms with Crippen LogP contribution in [0.15, 0.2) is 39.8 Å². The monoisotopic (exact) mass is 456 g/mol. The lowest BCUT2D eigenvalue weighted by Gasteiger charge is -2.32. The van der Waals surface area contributed by atoms with Crippen molar-refractivity contribution in [2.24, 2.45) is 0 Å². The molecule has 8 nitrogen and oxygen atoms in total. The normalized spacial score (nSPS) is 17.5. The van der Waals surface area contributed by atoms with E-state index in [1.807, 2.05) is 27.7 Å². The largest absolute Gasteiger partial charge is 0.525 e. The van der Waals surface area contributed by atoms with Gasteiger partial charge in [0.05, 0.1) is 16.1 Å². The standard InChI is InChI=1S/C20H18BClN4O4S/c1-19(2)20(3,4)30-21(29-19)18-23-9-14(31-18)15-25-17(28-26-15)12-8-10-7-11(22)5-6-13(10)24-16(12)27/h5-9H,1-4H3,(H,24,27). The molecule has 11 heteroatoms. The Kier molecular flexibility index (Phi) is 4.60. The minimum atomic E-state index is -0.566. The van der Waals surface area contributed by atoms with E-state index in [-0.39, 0.29) is 17.0 Å². The molecule has 0 bridgehead atoms. The second-order valence-corrected chi connectivity index (χ2v) is 9.82. The molecule has 4 heterocycles. The van der Waals surface area contributed by atoms with Gasteiger partial charge in [0, 0.05) is 22.1 Å². The van der Waals surface area contributed by atoms with Crippen LogP contribution in [0.1, 0.15) is 27.7 Å². The molecule has 1 aromatic carbocycles. The first-order valence-corrected chi connectivity index (χ1v) is 10.8. The van der Waals surface area contributed by atoms with Crippen molar-refractivity contribution in [3.05, 3.63) is 45.8 Å². The summed E-state index contributed by atoms with van der Waals surface area (Å²) in [5.74, 6) is 0.449. The van der Waals surface area contributed by atoms with Crippen LogP contribution < -0.4 is 10.5 Å². The lowest BCUT2D eigenvalue weighted by molar-refractivity contribution is 0.00578. The number of aromatic amines is 1. The van der Waals surface area contributed by atoms with Crippen molar-refractivity contribution < 1.29 is 13.8 Å². The Bertz CT molecular complexity index is 1350. The van der Waals surface area contributed by atoms with E-state index in [9.17, 15) is 4.79 Å². The van der Waals surface area contributed by atoms with Crippen molar-refractivity contribution in [3.8, 4) is 22.2 Å². The highest BCUT2D eigenvalue weighted by atomic mass is 35.5. The fourth-order valence-corrected chi connectivity index (χ4v) is 4.20. The Morgan fingerprint density at radius 3 is 2.61 bits per heavy atom. The number of hydrogen-bond donors (Lipinski definition) is 1. The predicted molar refractivity (Wildman–Crippen MR) is 120 cm³/mol. The van der Waals surface area contributed by atoms with Gasteiger partial charge < -0.3 is 18.8 Å². The molecule has 1 aliphatic rings. The molecule has 0 saturated carbocycles. The highest BCUT2D eigenvalue weighted by Gasteiger charge is 2.53. The molecule has 0 amide bonds. The summed E-state index contributed by atoms with van der Waals surface area (Å²) < 4.78 is 17.5. The Morgan fingerprint density at radius 1 is 1.13 bits per heavy atom. The number of nitrogens with one attached hydrogen (secondary N) is 1. The van der Waals surface area contributed by atoms with Crippen LogP contribution in [0, 0.1) is 0 Å². The van der Waals surface area contributed by atoms with Crippen LogP contribution >= 0.6 is 22.9 Å². The smallest absolute Gasteiger partial charge is 0.398 e. The number of thiazole rings is 1. The molecule has 1 aliphatic heterocycles. The van der Waals surface area contributed by atoms with Gasteiger partial charge in [0.15, 0.2) is 0 Å². The molecule has 4 aromatic rings. The Balaban J connectivity index is 1.45. The van der Waals surface area contributed by atoms with Crippen LogP contribution in [-0.4, -0.2) is 38.4 Å². The molecule has 1 fully saturated rings. The number of halogens is 1. The average Bonchev–Trinajstić information content (AvgIpc) is 3.40. The second-order valence-electron chi connectivity index (χ2n) is 8.32. The maximum absolute atomic E-state index is 12.5. The summed E-state index contributed by atoms with van der Waals surface area (Å²) in [5.41, 5.74) is -0.296. The molecule has 0 aliphatic carbocycles. The zero-order valence-corrected chi connectivity index (χ0v) is 18.8. The molecule has 0 atom stereocenters. The number of pyridine rings is 1. The molecule has 31 heavy (non-hydrogen) atoms. The quantitative estimate of drug-likeness (QED) is 0.469. The number of hydrogen-bond acceptors (Lipinski definition) is 8. The number of H-pyrrole nitrogens is 1. The van der Waals surface area contributed by atoms with Gasteiger partial charge in [-0.15, -0.1) is 11.3 Å². The maximum Gasteiger partial charge on any atom is 0.525 e. The Hall–Kier alpha value is -2.53. The van der Waals surface area contributed by atoms with Gasteiger partial charge in [0.2, 0.25) is 5.82 Å². The van der Waals surface area contributed by atoms with Gasteiger partial charge in [-0.1, -0.05) is 16.8 Å². The third kappa shape index (κ3) is 3.49. The summed E-state index contributed by atoms with van der Waals surface area (Å²) in [6, 6.07) is 6.90. The highest BCUT2D eigenvalue weighted by molar-refractivity contribution is 7.24. The molecular weight excluding hydrogens is 439 g/mol. The van der Waals surface area contributed by atoms with Crippen LogP contribution in [0.5, 0.6) is 0 Å². The Morgan fingerprint density at radius 2 is 1.87 bits per heavy atom. The molecule has 0 unspecified atom stereocenters. The SMILES string of the molecule is CC1(C)OB(c2ncc(-c3noc(-c4cc5cc(Cl)ccc5[nH]c4=O)n3)s2)OC1(C)C. The lowest BCUT2D eigenvalue weighted by Crippen LogP contribution is -2.41. The van der Waals surface area contributed by atoms with Crippen LogP contribution in [0.2, 0.25) is 5.02 Å². The summed E-state index contributed by atoms with van der Waals surface area (Å²) in [4.78, 5) is 25.5. The van der Waals surface area contributed by atoms with Crippen molar-refractivity contribution in [2.45, 2.75) is 38.9 Å². The fraction of sp³-hybridized carbons (Fsp3) is 0.300. The van der Waals surface area contributed by atoms with Gasteiger partial charge in [-0.3, -0.25) is 9.78 Å². The zero-order valence-electron chi connectivity index (χ0n) is 17.2. The molecule has 0 radical (unpaired) electrons. The lowest BCUT2D eigenvalue weighted by atomic mass is 9.90. The van der Waals surface area contributed by atoms with Gasteiger partial charge in [0.1, 0.15) is 10.5 Å². The third-order valence-electron chi connectivity index (χ3n) is 5.66. The van der Waals surface area contributed by atoms with Crippen LogP contribution in [0.3, 0.4) is 0 Å². The number of fused-ring (bicyclic) bond motifs is 1. The minimum absolute atomic E-state index is 0.115. The molecular formula is C20H18BClN4O4S. The number of benzene rings is 1. The fourth-order valence-electron chi connectivity index (χ4n) is 3.21. The second kappa shape index (κ2) is 6.99. The number of rotatable bonds is 3. The van der Waals surface area contributed by atoms with Crippen LogP contribution in [-0.2, 0) is 9.31 Å². The molecule has 3 aromatic heterocycles. The van der Waals surface area contributed by atoms with Gasteiger partial charge in [-0.25, -0.2) is 0 Å². The molecule has 1 saturated heterocycles. The summed E-state index contributed by atoms with van der Waals surface area (Å²) >= 11 is 7.42. The van der Waals surface area contributed by atoms with E-state index in [4.69, 9.17) is 25.4 Å². The van der Waals surface area contributed by atoms with E-state index < -0.39 is 18.3 Å². The van der Waals surface area contributed by atoms with Gasteiger partial charge >= 0.3 is 7.12 Å². The number of nitrogens with zero attached hydrogens (tertiary/aromatic N) is 3. The molecule has 5 rings (SSSR count). The molecule has 0 spiro atoms.